The highest BCUT2D eigenvalue weighted by molar-refractivity contribution is 6.31. The lowest BCUT2D eigenvalue weighted by Crippen LogP contribution is -2.55. The van der Waals surface area contributed by atoms with Gasteiger partial charge in [0.05, 0.1) is 48.2 Å². The monoisotopic (exact) mass is 639 g/mol. The van der Waals surface area contributed by atoms with Gasteiger partial charge in [-0.1, -0.05) is 31.9 Å². The molecule has 0 spiro atoms. The molecule has 248 valence electrons. The van der Waals surface area contributed by atoms with Gasteiger partial charge in [-0.15, -0.1) is 0 Å². The number of phenolic OH excluding ortho intramolecular Hbond substituents is 2. The number of hydrogen-bond acceptors (Lipinski definition) is 12. The number of phenols is 2. The third-order valence-electron chi connectivity index (χ3n) is 10.3. The van der Waals surface area contributed by atoms with E-state index < -0.39 is 47.4 Å². The summed E-state index contributed by atoms with van der Waals surface area (Å²) in [5.41, 5.74) is -1.39. The molecule has 5 aliphatic rings. The Morgan fingerprint density at radius 3 is 2.59 bits per heavy atom. The highest BCUT2D eigenvalue weighted by Crippen LogP contribution is 2.53. The molecule has 12 heteroatoms. The van der Waals surface area contributed by atoms with E-state index in [9.17, 15) is 24.9 Å². The van der Waals surface area contributed by atoms with Crippen LogP contribution in [-0.2, 0) is 30.1 Å². The number of aliphatic hydroxyl groups is 1. The van der Waals surface area contributed by atoms with Crippen molar-refractivity contribution in [2.75, 3.05) is 27.4 Å². The van der Waals surface area contributed by atoms with Crippen LogP contribution in [0.4, 0.5) is 0 Å². The number of morpholine rings is 1. The summed E-state index contributed by atoms with van der Waals surface area (Å²) >= 11 is 0. The van der Waals surface area contributed by atoms with Gasteiger partial charge in [0.15, 0.2) is 24.6 Å². The minimum atomic E-state index is -1.30. The zero-order valence-electron chi connectivity index (χ0n) is 26.5. The summed E-state index contributed by atoms with van der Waals surface area (Å²) in [5, 5.41) is 35.5. The van der Waals surface area contributed by atoms with E-state index in [4.69, 9.17) is 28.4 Å². The van der Waals surface area contributed by atoms with Crippen molar-refractivity contribution in [2.24, 2.45) is 0 Å². The van der Waals surface area contributed by atoms with Gasteiger partial charge in [-0.3, -0.25) is 14.5 Å². The Labute approximate surface area is 267 Å². The number of ether oxygens (including phenoxy) is 6. The van der Waals surface area contributed by atoms with Crippen LogP contribution >= 0.6 is 0 Å². The summed E-state index contributed by atoms with van der Waals surface area (Å²) in [6.45, 7) is 5.07. The second-order valence-electron chi connectivity index (χ2n) is 13.0. The van der Waals surface area contributed by atoms with E-state index in [0.717, 1.165) is 12.8 Å². The Hall–Kier alpha value is -3.10. The lowest BCUT2D eigenvalue weighted by molar-refractivity contribution is -0.256. The number of benzene rings is 2. The van der Waals surface area contributed by atoms with Gasteiger partial charge in [0.2, 0.25) is 5.78 Å². The molecule has 2 aliphatic carbocycles. The molecule has 0 aromatic heterocycles. The zero-order valence-corrected chi connectivity index (χ0v) is 26.5. The molecule has 8 atom stereocenters. The van der Waals surface area contributed by atoms with E-state index in [1.807, 2.05) is 13.8 Å². The van der Waals surface area contributed by atoms with Gasteiger partial charge in [-0.05, 0) is 19.4 Å². The second kappa shape index (κ2) is 11.9. The molecule has 12 nitrogen and oxygen atoms in total. The summed E-state index contributed by atoms with van der Waals surface area (Å²) in [7, 11) is 2.98. The van der Waals surface area contributed by atoms with Gasteiger partial charge in [0.1, 0.15) is 23.4 Å². The Bertz CT molecular complexity index is 1560. The van der Waals surface area contributed by atoms with Crippen LogP contribution in [0, 0.1) is 0 Å². The molecule has 0 saturated carbocycles. The number of carbonyl (C=O) groups is 2. The average Bonchev–Trinajstić information content (AvgIpc) is 3.43. The number of nitrogens with zero attached hydrogens (tertiary/aromatic N) is 1. The van der Waals surface area contributed by atoms with Gasteiger partial charge < -0.3 is 43.7 Å². The number of rotatable bonds is 7. The number of carbonyl (C=O) groups excluding carboxylic acids is 2. The molecule has 0 bridgehead atoms. The Balaban J connectivity index is 1.28. The lowest BCUT2D eigenvalue weighted by atomic mass is 9.71. The van der Waals surface area contributed by atoms with Gasteiger partial charge in [-0.25, -0.2) is 0 Å². The maximum absolute atomic E-state index is 14.0. The SMILES string of the molecule is CCCC[C@]1(O)Cc2c(O)c3c(c(O)c2[C@@H](OC2C[C@H]4[C@H](O[C@@H]5[C@@H](OC)OCCN54)[C@H](C)O2)C1)C(=O)c1c(OC)cccc1C3=O. The number of unbranched alkanes of at least 4 members (excludes halogenated alkanes) is 1. The fourth-order valence-corrected chi connectivity index (χ4v) is 8.10. The third kappa shape index (κ3) is 4.85. The first-order valence-corrected chi connectivity index (χ1v) is 16.1. The van der Waals surface area contributed by atoms with Gasteiger partial charge in [0.25, 0.3) is 0 Å². The molecule has 46 heavy (non-hydrogen) atoms. The number of fused-ring (bicyclic) bond motifs is 6. The molecule has 3 aliphatic heterocycles. The summed E-state index contributed by atoms with van der Waals surface area (Å²) in [6, 6.07) is 4.60. The van der Waals surface area contributed by atoms with E-state index in [1.165, 1.54) is 13.2 Å². The van der Waals surface area contributed by atoms with Crippen molar-refractivity contribution in [2.45, 2.75) is 101 Å². The first-order chi connectivity index (χ1) is 22.1. The topological polar surface area (TPSA) is 153 Å². The molecular formula is C34H41NO11. The summed E-state index contributed by atoms with van der Waals surface area (Å²) < 4.78 is 35.9. The van der Waals surface area contributed by atoms with E-state index in [-0.39, 0.29) is 76.4 Å². The third-order valence-corrected chi connectivity index (χ3v) is 10.3. The van der Waals surface area contributed by atoms with E-state index in [1.54, 1.807) is 19.2 Å². The summed E-state index contributed by atoms with van der Waals surface area (Å²) in [6.07, 6.45) is -0.743. The molecule has 0 amide bonds. The van der Waals surface area contributed by atoms with E-state index in [2.05, 4.69) is 4.90 Å². The highest BCUT2D eigenvalue weighted by atomic mass is 16.7. The maximum Gasteiger partial charge on any atom is 0.202 e. The first-order valence-electron chi connectivity index (χ1n) is 16.1. The predicted octanol–water partition coefficient (Wildman–Crippen LogP) is 3.34. The zero-order chi connectivity index (χ0) is 32.5. The minimum Gasteiger partial charge on any atom is -0.507 e. The fourth-order valence-electron chi connectivity index (χ4n) is 8.10. The van der Waals surface area contributed by atoms with Crippen LogP contribution < -0.4 is 4.74 Å². The van der Waals surface area contributed by atoms with Gasteiger partial charge in [-0.2, -0.15) is 0 Å². The average molecular weight is 640 g/mol. The van der Waals surface area contributed by atoms with Crippen LogP contribution in [0.2, 0.25) is 0 Å². The molecule has 3 heterocycles. The Morgan fingerprint density at radius 2 is 1.85 bits per heavy atom. The van der Waals surface area contributed by atoms with Crippen LogP contribution in [-0.4, -0.2) is 102 Å². The molecule has 3 N–H and O–H groups in total. The first kappa shape index (κ1) is 31.5. The summed E-state index contributed by atoms with van der Waals surface area (Å²) in [5.74, 6) is -1.92. The van der Waals surface area contributed by atoms with Crippen molar-refractivity contribution in [3.63, 3.8) is 0 Å². The van der Waals surface area contributed by atoms with Crippen molar-refractivity contribution in [1.29, 1.82) is 0 Å². The maximum atomic E-state index is 14.0. The van der Waals surface area contributed by atoms with Crippen LogP contribution in [0.15, 0.2) is 18.2 Å². The molecule has 1 unspecified atom stereocenters. The number of hydrogen-bond donors (Lipinski definition) is 3. The van der Waals surface area contributed by atoms with Crippen molar-refractivity contribution < 1.29 is 53.3 Å². The van der Waals surface area contributed by atoms with E-state index in [0.29, 0.717) is 26.0 Å². The van der Waals surface area contributed by atoms with Crippen LogP contribution in [0.5, 0.6) is 17.2 Å². The fraction of sp³-hybridized carbons (Fsp3) is 0.588. The van der Waals surface area contributed by atoms with Crippen LogP contribution in [0.1, 0.15) is 95.0 Å². The van der Waals surface area contributed by atoms with Crippen molar-refractivity contribution >= 4 is 11.6 Å². The molecular weight excluding hydrogens is 598 g/mol. The van der Waals surface area contributed by atoms with Crippen LogP contribution in [0.3, 0.4) is 0 Å². The van der Waals surface area contributed by atoms with E-state index >= 15 is 0 Å². The molecule has 2 aromatic carbocycles. The van der Waals surface area contributed by atoms with Crippen molar-refractivity contribution in [3.8, 4) is 17.2 Å². The smallest absolute Gasteiger partial charge is 0.202 e. The largest absolute Gasteiger partial charge is 0.507 e. The van der Waals surface area contributed by atoms with Crippen LogP contribution in [0.25, 0.3) is 0 Å². The predicted molar refractivity (Wildman–Crippen MR) is 161 cm³/mol. The van der Waals surface area contributed by atoms with Crippen molar-refractivity contribution in [3.05, 3.63) is 51.6 Å². The molecule has 7 rings (SSSR count). The molecule has 3 saturated heterocycles. The highest BCUT2D eigenvalue weighted by Gasteiger charge is 2.54. The summed E-state index contributed by atoms with van der Waals surface area (Å²) in [4.78, 5) is 29.9. The minimum absolute atomic E-state index is 0.0182. The second-order valence-corrected chi connectivity index (χ2v) is 13.0. The Kier molecular flexibility index (Phi) is 8.12. The molecule has 2 aromatic rings. The Morgan fingerprint density at radius 1 is 1.07 bits per heavy atom. The number of methoxy groups -OCH3 is 2. The molecule has 3 fully saturated rings. The molecule has 0 radical (unpaired) electrons. The lowest BCUT2D eigenvalue weighted by Gasteiger charge is -2.44. The number of aromatic hydroxyl groups is 2. The standard InChI is InChI=1S/C34H41NO11/c1-5-6-10-34(40)14-18-24(30(39)26-25(28(18)37)27(36)17-8-7-9-20(41-3)23(17)29(26)38)21(15-34)45-22-13-19-31(16(2)44-22)46-32-33(42-4)43-12-11-35(19)32/h7-9,16,19,21-22,31-33,37,39-40H,5-6,10-15H2,1-4H3/t16-,19-,21-,22?,31+,32+,33-,34-/m0/s1. The van der Waals surface area contributed by atoms with Gasteiger partial charge in [0, 0.05) is 55.6 Å². The van der Waals surface area contributed by atoms with Gasteiger partial charge >= 0.3 is 0 Å². The normalized spacial score (nSPS) is 33.5. The van der Waals surface area contributed by atoms with Crippen molar-refractivity contribution in [1.82, 2.24) is 4.90 Å². The quantitative estimate of drug-likeness (QED) is 0.325. The number of ketones is 2.